The molecule has 3 heteroatoms. The molecule has 0 bridgehead atoms. The third-order valence-corrected chi connectivity index (χ3v) is 3.50. The molecule has 1 aromatic heterocycles. The van der Waals surface area contributed by atoms with Crippen molar-refractivity contribution in [3.63, 3.8) is 0 Å². The lowest BCUT2D eigenvalue weighted by Gasteiger charge is -2.17. The quantitative estimate of drug-likeness (QED) is 0.829. The van der Waals surface area contributed by atoms with Gasteiger partial charge in [-0.25, -0.2) is 4.98 Å². The summed E-state index contributed by atoms with van der Waals surface area (Å²) < 4.78 is 0. The third-order valence-electron chi connectivity index (χ3n) is 2.31. The van der Waals surface area contributed by atoms with Crippen LogP contribution in [-0.4, -0.2) is 12.0 Å². The molecule has 0 fully saturated rings. The van der Waals surface area contributed by atoms with Crippen molar-refractivity contribution in [2.24, 2.45) is 5.92 Å². The fourth-order valence-electron chi connectivity index (χ4n) is 1.70. The van der Waals surface area contributed by atoms with E-state index in [0.717, 1.165) is 0 Å². The molecule has 1 unspecified atom stereocenters. The van der Waals surface area contributed by atoms with Crippen LogP contribution < -0.4 is 5.32 Å². The molecular weight excluding hydrogens is 192 g/mol. The van der Waals surface area contributed by atoms with Gasteiger partial charge in [0.05, 0.1) is 10.7 Å². The van der Waals surface area contributed by atoms with Crippen LogP contribution in [0.15, 0.2) is 0 Å². The summed E-state index contributed by atoms with van der Waals surface area (Å²) in [6, 6.07) is 0.473. The number of thiazole rings is 1. The van der Waals surface area contributed by atoms with Crippen LogP contribution in [0.2, 0.25) is 0 Å². The van der Waals surface area contributed by atoms with Crippen LogP contribution in [0.5, 0.6) is 0 Å². The van der Waals surface area contributed by atoms with E-state index in [1.54, 1.807) is 0 Å². The lowest BCUT2D eigenvalue weighted by molar-refractivity contribution is 0.460. The molecule has 80 valence electrons. The minimum Gasteiger partial charge on any atom is -0.312 e. The highest BCUT2D eigenvalue weighted by molar-refractivity contribution is 7.11. The maximum absolute atomic E-state index is 4.47. The third kappa shape index (κ3) is 2.79. The zero-order chi connectivity index (χ0) is 10.7. The molecule has 0 aromatic carbocycles. The molecule has 0 aliphatic rings. The molecule has 0 saturated heterocycles. The Hall–Kier alpha value is -0.410. The minimum atomic E-state index is 0.473. The Labute approximate surface area is 90.8 Å². The van der Waals surface area contributed by atoms with Crippen molar-refractivity contribution in [3.8, 4) is 0 Å². The highest BCUT2D eigenvalue weighted by atomic mass is 32.1. The Morgan fingerprint density at radius 2 is 2.00 bits per heavy atom. The van der Waals surface area contributed by atoms with Crippen molar-refractivity contribution in [1.29, 1.82) is 0 Å². The van der Waals surface area contributed by atoms with Gasteiger partial charge in [-0.15, -0.1) is 11.3 Å². The number of aromatic nitrogens is 1. The molecule has 0 amide bonds. The second-order valence-electron chi connectivity index (χ2n) is 4.15. The second-order valence-corrected chi connectivity index (χ2v) is 5.39. The van der Waals surface area contributed by atoms with Crippen LogP contribution in [0.1, 0.15) is 41.9 Å². The van der Waals surface area contributed by atoms with Gasteiger partial charge >= 0.3 is 0 Å². The van der Waals surface area contributed by atoms with Gasteiger partial charge in [0.1, 0.15) is 0 Å². The van der Waals surface area contributed by atoms with E-state index in [0.29, 0.717) is 12.0 Å². The Morgan fingerprint density at radius 1 is 1.36 bits per heavy atom. The van der Waals surface area contributed by atoms with Crippen LogP contribution in [0.4, 0.5) is 0 Å². The molecule has 0 saturated carbocycles. The average molecular weight is 212 g/mol. The summed E-state index contributed by atoms with van der Waals surface area (Å²) in [4.78, 5) is 5.87. The largest absolute Gasteiger partial charge is 0.312 e. The van der Waals surface area contributed by atoms with Gasteiger partial charge in [0.15, 0.2) is 0 Å². The van der Waals surface area contributed by atoms with Gasteiger partial charge in [0, 0.05) is 10.9 Å². The summed E-state index contributed by atoms with van der Waals surface area (Å²) in [5.74, 6) is 0.717. The van der Waals surface area contributed by atoms with Crippen LogP contribution in [0, 0.1) is 19.8 Å². The van der Waals surface area contributed by atoms with Gasteiger partial charge in [0.2, 0.25) is 0 Å². The lowest BCUT2D eigenvalue weighted by atomic mass is 10.0. The minimum absolute atomic E-state index is 0.473. The molecule has 0 spiro atoms. The van der Waals surface area contributed by atoms with Crippen LogP contribution in [0.3, 0.4) is 0 Å². The van der Waals surface area contributed by atoms with Crippen LogP contribution in [0.25, 0.3) is 0 Å². The zero-order valence-electron chi connectivity index (χ0n) is 9.72. The van der Waals surface area contributed by atoms with Gasteiger partial charge in [-0.3, -0.25) is 0 Å². The number of nitrogens with zero attached hydrogens (tertiary/aromatic N) is 1. The first-order valence-corrected chi connectivity index (χ1v) is 5.97. The van der Waals surface area contributed by atoms with Gasteiger partial charge < -0.3 is 5.32 Å². The highest BCUT2D eigenvalue weighted by Gasteiger charge is 2.16. The average Bonchev–Trinajstić information content (AvgIpc) is 2.41. The number of rotatable bonds is 4. The molecule has 1 rings (SSSR count). The van der Waals surface area contributed by atoms with E-state index in [1.807, 2.05) is 18.4 Å². The molecule has 1 atom stereocenters. The summed E-state index contributed by atoms with van der Waals surface area (Å²) >= 11 is 1.82. The van der Waals surface area contributed by atoms with Crippen LogP contribution in [-0.2, 0) is 0 Å². The predicted molar refractivity (Wildman–Crippen MR) is 62.8 cm³/mol. The molecule has 2 nitrogen and oxygen atoms in total. The smallest absolute Gasteiger partial charge is 0.0900 e. The monoisotopic (exact) mass is 212 g/mol. The van der Waals surface area contributed by atoms with Crippen molar-refractivity contribution in [2.45, 2.75) is 40.2 Å². The first-order valence-electron chi connectivity index (χ1n) is 5.15. The molecule has 0 radical (unpaired) electrons. The van der Waals surface area contributed by atoms with Gasteiger partial charge in [-0.2, -0.15) is 0 Å². The molecule has 0 aliphatic carbocycles. The normalized spacial score (nSPS) is 13.6. The number of hydrogen-bond acceptors (Lipinski definition) is 3. The summed E-state index contributed by atoms with van der Waals surface area (Å²) in [6.45, 7) is 8.69. The zero-order valence-corrected chi connectivity index (χ0v) is 10.5. The fraction of sp³-hybridized carbons (Fsp3) is 0.727. The standard InChI is InChI=1S/C11H20N2S/c1-7(2)6-10(12-5)11-8(3)13-9(4)14-11/h7,10,12H,6H2,1-5H3. The van der Waals surface area contributed by atoms with E-state index in [9.17, 15) is 0 Å². The van der Waals surface area contributed by atoms with Gasteiger partial charge in [0.25, 0.3) is 0 Å². The summed E-state index contributed by atoms with van der Waals surface area (Å²) in [7, 11) is 2.03. The van der Waals surface area contributed by atoms with E-state index in [-0.39, 0.29) is 0 Å². The number of nitrogens with one attached hydrogen (secondary N) is 1. The van der Waals surface area contributed by atoms with E-state index < -0.39 is 0 Å². The van der Waals surface area contributed by atoms with Crippen molar-refractivity contribution in [2.75, 3.05) is 7.05 Å². The van der Waals surface area contributed by atoms with Crippen molar-refractivity contribution in [3.05, 3.63) is 15.6 Å². The first kappa shape index (κ1) is 11.7. The Kier molecular flexibility index (Phi) is 4.08. The fourth-order valence-corrected chi connectivity index (χ4v) is 2.75. The maximum atomic E-state index is 4.47. The second kappa shape index (κ2) is 4.89. The highest BCUT2D eigenvalue weighted by Crippen LogP contribution is 2.28. The predicted octanol–water partition coefficient (Wildman–Crippen LogP) is 3.07. The van der Waals surface area contributed by atoms with Crippen molar-refractivity contribution < 1.29 is 0 Å². The molecule has 1 N–H and O–H groups in total. The first-order chi connectivity index (χ1) is 6.54. The molecule has 1 aromatic rings. The van der Waals surface area contributed by atoms with Gasteiger partial charge in [-0.05, 0) is 33.2 Å². The van der Waals surface area contributed by atoms with Crippen LogP contribution >= 0.6 is 11.3 Å². The Balaban J connectivity index is 2.83. The molecule has 0 aliphatic heterocycles. The van der Waals surface area contributed by atoms with E-state index in [1.165, 1.54) is 22.0 Å². The Bertz CT molecular complexity index is 291. The SMILES string of the molecule is CNC(CC(C)C)c1sc(C)nc1C. The van der Waals surface area contributed by atoms with E-state index in [4.69, 9.17) is 0 Å². The summed E-state index contributed by atoms with van der Waals surface area (Å²) in [5, 5.41) is 4.54. The summed E-state index contributed by atoms with van der Waals surface area (Å²) in [5.41, 5.74) is 1.19. The molecular formula is C11H20N2S. The molecule has 14 heavy (non-hydrogen) atoms. The number of aryl methyl sites for hydroxylation is 2. The van der Waals surface area contributed by atoms with E-state index >= 15 is 0 Å². The Morgan fingerprint density at radius 3 is 2.36 bits per heavy atom. The summed E-state index contributed by atoms with van der Waals surface area (Å²) in [6.07, 6.45) is 1.18. The molecule has 1 heterocycles. The van der Waals surface area contributed by atoms with Crippen molar-refractivity contribution >= 4 is 11.3 Å². The number of hydrogen-bond donors (Lipinski definition) is 1. The lowest BCUT2D eigenvalue weighted by Crippen LogP contribution is -2.18. The topological polar surface area (TPSA) is 24.9 Å². The van der Waals surface area contributed by atoms with E-state index in [2.05, 4.69) is 38.0 Å². The van der Waals surface area contributed by atoms with Crippen molar-refractivity contribution in [1.82, 2.24) is 10.3 Å². The van der Waals surface area contributed by atoms with Gasteiger partial charge in [-0.1, -0.05) is 13.8 Å². The maximum Gasteiger partial charge on any atom is 0.0900 e.